The quantitative estimate of drug-likeness (QED) is 0.190. The average Bonchev–Trinajstić information content (AvgIpc) is 2.33. The monoisotopic (exact) mass is 368 g/mol. The maximum absolute atomic E-state index is 11.8. The summed E-state index contributed by atoms with van der Waals surface area (Å²) in [6.07, 6.45) is 1.43. The Labute approximate surface area is 120 Å². The molecule has 0 aromatic heterocycles. The minimum absolute atomic E-state index is 0.0954. The number of esters is 2. The first-order valence-electron chi connectivity index (χ1n) is 5.94. The van der Waals surface area contributed by atoms with E-state index in [0.717, 1.165) is 6.42 Å². The van der Waals surface area contributed by atoms with Crippen molar-refractivity contribution in [2.45, 2.75) is 30.6 Å². The number of halogens is 1. The van der Waals surface area contributed by atoms with Crippen molar-refractivity contribution in [1.29, 1.82) is 0 Å². The first-order valence-corrected chi connectivity index (χ1v) is 7.18. The van der Waals surface area contributed by atoms with Gasteiger partial charge in [0.05, 0.1) is 19.8 Å². The summed E-state index contributed by atoms with van der Waals surface area (Å²) in [7, 11) is 0. The maximum Gasteiger partial charge on any atom is 0.349 e. The van der Waals surface area contributed by atoms with E-state index in [9.17, 15) is 9.59 Å². The van der Waals surface area contributed by atoms with Crippen LogP contribution in [0.4, 0.5) is 0 Å². The van der Waals surface area contributed by atoms with Crippen LogP contribution in [0.1, 0.15) is 26.7 Å². The molecule has 0 spiro atoms. The number of hydrogen-bond donors (Lipinski definition) is 0. The molecular formula is C12H17IO5. The highest BCUT2D eigenvalue weighted by Crippen LogP contribution is 2.25. The van der Waals surface area contributed by atoms with Crippen molar-refractivity contribution in [3.05, 3.63) is 11.3 Å². The van der Waals surface area contributed by atoms with Crippen LogP contribution in [0.3, 0.4) is 0 Å². The summed E-state index contributed by atoms with van der Waals surface area (Å²) in [5.41, 5.74) is -0.0954. The minimum atomic E-state index is -0.669. The fourth-order valence-corrected chi connectivity index (χ4v) is 2.04. The summed E-state index contributed by atoms with van der Waals surface area (Å²) in [6, 6.07) is 0. The second-order valence-corrected chi connectivity index (χ2v) is 5.45. The molecule has 0 radical (unpaired) electrons. The Hall–Kier alpha value is -0.790. The summed E-state index contributed by atoms with van der Waals surface area (Å²) in [5, 5.41) is 0. The van der Waals surface area contributed by atoms with Crippen molar-refractivity contribution in [2.24, 2.45) is 0 Å². The highest BCUT2D eigenvalue weighted by molar-refractivity contribution is 14.1. The number of rotatable bonds is 4. The zero-order chi connectivity index (χ0) is 13.5. The van der Waals surface area contributed by atoms with Gasteiger partial charge in [-0.15, -0.1) is 0 Å². The van der Waals surface area contributed by atoms with Crippen LogP contribution in [0.25, 0.3) is 0 Å². The van der Waals surface area contributed by atoms with Gasteiger partial charge in [0.2, 0.25) is 0 Å². The van der Waals surface area contributed by atoms with Crippen LogP contribution in [0, 0.1) is 0 Å². The van der Waals surface area contributed by atoms with E-state index in [4.69, 9.17) is 14.2 Å². The number of hydrogen-bond acceptors (Lipinski definition) is 5. The normalized spacial score (nSPS) is 18.8. The van der Waals surface area contributed by atoms with Gasteiger partial charge in [0, 0.05) is 10.3 Å². The molecule has 18 heavy (non-hydrogen) atoms. The molecule has 0 aromatic carbocycles. The van der Waals surface area contributed by atoms with Gasteiger partial charge in [0.1, 0.15) is 5.76 Å². The molecule has 1 heterocycles. The number of allylic oxidation sites excluding steroid dienone is 1. The van der Waals surface area contributed by atoms with Crippen LogP contribution < -0.4 is 0 Å². The molecule has 5 nitrogen and oxygen atoms in total. The Balaban J connectivity index is 2.92. The van der Waals surface area contributed by atoms with Gasteiger partial charge in [-0.3, -0.25) is 0 Å². The van der Waals surface area contributed by atoms with Crippen molar-refractivity contribution < 1.29 is 23.8 Å². The maximum atomic E-state index is 11.8. The van der Waals surface area contributed by atoms with Crippen LogP contribution >= 0.6 is 22.6 Å². The standard InChI is InChI=1S/C12H17IO5/c1-3-16-11(14)10(12(15)17-4-2)9-6-5-8(13)7-18-9/h8H,3-7H2,1-2H3. The molecule has 0 saturated carbocycles. The van der Waals surface area contributed by atoms with Crippen molar-refractivity contribution >= 4 is 34.5 Å². The van der Waals surface area contributed by atoms with Gasteiger partial charge < -0.3 is 14.2 Å². The zero-order valence-electron chi connectivity index (χ0n) is 10.5. The van der Waals surface area contributed by atoms with Crippen molar-refractivity contribution in [1.82, 2.24) is 0 Å². The summed E-state index contributed by atoms with van der Waals surface area (Å²) in [6.45, 7) is 4.30. The van der Waals surface area contributed by atoms with Crippen LogP contribution in [0.15, 0.2) is 11.3 Å². The molecule has 1 rings (SSSR count). The van der Waals surface area contributed by atoms with E-state index in [0.29, 0.717) is 22.7 Å². The van der Waals surface area contributed by atoms with E-state index in [1.807, 2.05) is 0 Å². The number of ether oxygens (including phenoxy) is 3. The molecule has 1 saturated heterocycles. The number of carbonyl (C=O) groups excluding carboxylic acids is 2. The third-order valence-electron chi connectivity index (χ3n) is 2.36. The third-order valence-corrected chi connectivity index (χ3v) is 3.34. The van der Waals surface area contributed by atoms with Gasteiger partial charge in [0.15, 0.2) is 5.57 Å². The van der Waals surface area contributed by atoms with E-state index in [1.54, 1.807) is 13.8 Å². The number of alkyl halides is 1. The molecule has 0 aromatic rings. The van der Waals surface area contributed by atoms with Crippen LogP contribution in [-0.4, -0.2) is 35.7 Å². The van der Waals surface area contributed by atoms with Gasteiger partial charge in [-0.25, -0.2) is 9.59 Å². The minimum Gasteiger partial charge on any atom is -0.496 e. The molecule has 1 atom stereocenters. The summed E-state index contributed by atoms with van der Waals surface area (Å²) >= 11 is 2.28. The fraction of sp³-hybridized carbons (Fsp3) is 0.667. The largest absolute Gasteiger partial charge is 0.496 e. The highest BCUT2D eigenvalue weighted by atomic mass is 127. The first-order chi connectivity index (χ1) is 8.60. The van der Waals surface area contributed by atoms with Crippen molar-refractivity contribution in [2.75, 3.05) is 19.8 Å². The van der Waals surface area contributed by atoms with E-state index < -0.39 is 11.9 Å². The lowest BCUT2D eigenvalue weighted by molar-refractivity contribution is -0.147. The number of carbonyl (C=O) groups is 2. The van der Waals surface area contributed by atoms with E-state index in [-0.39, 0.29) is 18.8 Å². The average molecular weight is 368 g/mol. The lowest BCUT2D eigenvalue weighted by atomic mass is 10.1. The van der Waals surface area contributed by atoms with Crippen LogP contribution in [0.5, 0.6) is 0 Å². The van der Waals surface area contributed by atoms with E-state index in [2.05, 4.69) is 22.6 Å². The van der Waals surface area contributed by atoms with Gasteiger partial charge in [0.25, 0.3) is 0 Å². The molecule has 1 aliphatic heterocycles. The molecule has 1 unspecified atom stereocenters. The lowest BCUT2D eigenvalue weighted by Gasteiger charge is -2.22. The smallest absolute Gasteiger partial charge is 0.349 e. The molecular weight excluding hydrogens is 351 g/mol. The molecule has 1 aliphatic rings. The van der Waals surface area contributed by atoms with E-state index >= 15 is 0 Å². The Kier molecular flexibility index (Phi) is 6.45. The van der Waals surface area contributed by atoms with Crippen molar-refractivity contribution in [3.63, 3.8) is 0 Å². The molecule has 0 aliphatic carbocycles. The topological polar surface area (TPSA) is 61.8 Å². The second-order valence-electron chi connectivity index (χ2n) is 3.69. The van der Waals surface area contributed by atoms with Crippen LogP contribution in [-0.2, 0) is 23.8 Å². The fourth-order valence-electron chi connectivity index (χ4n) is 1.55. The van der Waals surface area contributed by atoms with E-state index in [1.165, 1.54) is 0 Å². The molecule has 102 valence electrons. The van der Waals surface area contributed by atoms with Gasteiger partial charge in [-0.05, 0) is 20.3 Å². The molecule has 0 N–H and O–H groups in total. The summed E-state index contributed by atoms with van der Waals surface area (Å²) in [4.78, 5) is 23.6. The Bertz CT molecular complexity index is 320. The van der Waals surface area contributed by atoms with Gasteiger partial charge >= 0.3 is 11.9 Å². The predicted molar refractivity (Wildman–Crippen MR) is 73.3 cm³/mol. The van der Waals surface area contributed by atoms with Gasteiger partial charge in [-0.1, -0.05) is 22.6 Å². The van der Waals surface area contributed by atoms with Crippen LogP contribution in [0.2, 0.25) is 0 Å². The van der Waals surface area contributed by atoms with Crippen molar-refractivity contribution in [3.8, 4) is 0 Å². The SMILES string of the molecule is CCOC(=O)C(C(=O)OCC)=C1CCC(I)CO1. The summed E-state index contributed by atoms with van der Waals surface area (Å²) < 4.78 is 15.6. The van der Waals surface area contributed by atoms with Gasteiger partial charge in [-0.2, -0.15) is 0 Å². The lowest BCUT2D eigenvalue weighted by Crippen LogP contribution is -2.25. The Morgan fingerprint density at radius 2 is 1.83 bits per heavy atom. The first kappa shape index (κ1) is 15.3. The third kappa shape index (κ3) is 4.15. The Morgan fingerprint density at radius 1 is 1.28 bits per heavy atom. The zero-order valence-corrected chi connectivity index (χ0v) is 12.7. The highest BCUT2D eigenvalue weighted by Gasteiger charge is 2.29. The Morgan fingerprint density at radius 3 is 2.22 bits per heavy atom. The molecule has 0 amide bonds. The second kappa shape index (κ2) is 7.60. The predicted octanol–water partition coefficient (Wildman–Crippen LogP) is 1.98. The summed E-state index contributed by atoms with van der Waals surface area (Å²) in [5.74, 6) is -0.949. The molecule has 6 heteroatoms. The molecule has 1 fully saturated rings. The molecule has 0 bridgehead atoms.